The van der Waals surface area contributed by atoms with Crippen LogP contribution in [-0.4, -0.2) is 11.7 Å². The number of ether oxygens (including phenoxy) is 1. The molecule has 0 saturated heterocycles. The Morgan fingerprint density at radius 1 is 1.22 bits per heavy atom. The fourth-order valence-corrected chi connectivity index (χ4v) is 1.95. The fourth-order valence-electron chi connectivity index (χ4n) is 1.95. The van der Waals surface area contributed by atoms with Gasteiger partial charge in [-0.25, -0.2) is 0 Å². The normalized spacial score (nSPS) is 11.8. The number of aryl methyl sites for hydroxylation is 1. The summed E-state index contributed by atoms with van der Waals surface area (Å²) < 4.78 is 5.64. The Balaban J connectivity index is 2.85. The molecule has 1 aromatic rings. The van der Waals surface area contributed by atoms with Crippen LogP contribution in [0.25, 0.3) is 0 Å². The molecule has 2 nitrogen and oxygen atoms in total. The van der Waals surface area contributed by atoms with Crippen molar-refractivity contribution in [3.8, 4) is 5.75 Å². The maximum Gasteiger partial charge on any atom is 0.122 e. The molecule has 0 unspecified atom stereocenters. The highest BCUT2D eigenvalue weighted by molar-refractivity contribution is 5.46. The van der Waals surface area contributed by atoms with Gasteiger partial charge in [0.1, 0.15) is 5.75 Å². The Hall–Kier alpha value is -1.02. The van der Waals surface area contributed by atoms with E-state index in [1.807, 2.05) is 13.0 Å². The second-order valence-corrected chi connectivity index (χ2v) is 5.97. The minimum atomic E-state index is -0.0473. The second-order valence-electron chi connectivity index (χ2n) is 5.97. The highest BCUT2D eigenvalue weighted by Gasteiger charge is 2.20. The lowest BCUT2D eigenvalue weighted by atomic mass is 9.84. The third kappa shape index (κ3) is 4.02. The van der Waals surface area contributed by atoms with E-state index in [1.165, 1.54) is 0 Å². The van der Waals surface area contributed by atoms with Gasteiger partial charge in [0.25, 0.3) is 0 Å². The molecule has 0 bridgehead atoms. The Kier molecular flexibility index (Phi) is 5.21. The van der Waals surface area contributed by atoms with E-state index in [0.29, 0.717) is 12.4 Å². The second kappa shape index (κ2) is 6.24. The summed E-state index contributed by atoms with van der Waals surface area (Å²) >= 11 is 0. The zero-order valence-electron chi connectivity index (χ0n) is 12.3. The molecule has 0 amide bonds. The fraction of sp³-hybridized carbons (Fsp3) is 0.625. The molecule has 0 aromatic heterocycles. The van der Waals surface area contributed by atoms with Gasteiger partial charge in [-0.05, 0) is 41.5 Å². The lowest BCUT2D eigenvalue weighted by Crippen LogP contribution is -2.12. The number of phenols is 1. The van der Waals surface area contributed by atoms with Gasteiger partial charge in [0.15, 0.2) is 0 Å². The molecule has 0 aliphatic rings. The minimum absolute atomic E-state index is 0.0473. The molecule has 0 spiro atoms. The average Bonchev–Trinajstić information content (AvgIpc) is 2.27. The van der Waals surface area contributed by atoms with Gasteiger partial charge >= 0.3 is 0 Å². The quantitative estimate of drug-likeness (QED) is 0.789. The topological polar surface area (TPSA) is 29.5 Å². The van der Waals surface area contributed by atoms with Crippen molar-refractivity contribution in [1.82, 2.24) is 0 Å². The van der Waals surface area contributed by atoms with Gasteiger partial charge in [-0.15, -0.1) is 0 Å². The Bertz CT molecular complexity index is 389. The zero-order valence-corrected chi connectivity index (χ0v) is 12.3. The number of phenolic OH excluding ortho intramolecular Hbond substituents is 1. The van der Waals surface area contributed by atoms with Gasteiger partial charge in [0.2, 0.25) is 0 Å². The molecule has 0 aliphatic heterocycles. The summed E-state index contributed by atoms with van der Waals surface area (Å²) in [4.78, 5) is 0. The number of hydrogen-bond acceptors (Lipinski definition) is 2. The maximum atomic E-state index is 10.1. The number of rotatable bonds is 5. The van der Waals surface area contributed by atoms with Crippen LogP contribution in [-0.2, 0) is 16.8 Å². The number of aromatic hydroxyl groups is 1. The van der Waals surface area contributed by atoms with Crippen LogP contribution in [0, 0.1) is 6.92 Å². The average molecular weight is 250 g/mol. The van der Waals surface area contributed by atoms with Crippen molar-refractivity contribution in [2.75, 3.05) is 6.61 Å². The van der Waals surface area contributed by atoms with E-state index in [-0.39, 0.29) is 5.41 Å². The molecule has 2 heteroatoms. The first-order chi connectivity index (χ1) is 8.36. The largest absolute Gasteiger partial charge is 0.507 e. The SMILES string of the molecule is CCCCOCc1cc(C)c(O)c(C(C)(C)C)c1. The highest BCUT2D eigenvalue weighted by Crippen LogP contribution is 2.34. The van der Waals surface area contributed by atoms with E-state index < -0.39 is 0 Å². The molecule has 1 N–H and O–H groups in total. The molecule has 1 rings (SSSR count). The van der Waals surface area contributed by atoms with Crippen molar-refractivity contribution in [3.05, 3.63) is 28.8 Å². The number of hydrogen-bond donors (Lipinski definition) is 1. The first kappa shape index (κ1) is 15.0. The Morgan fingerprint density at radius 2 is 1.89 bits per heavy atom. The predicted molar refractivity (Wildman–Crippen MR) is 76.1 cm³/mol. The first-order valence-corrected chi connectivity index (χ1v) is 6.77. The van der Waals surface area contributed by atoms with Gasteiger partial charge in [0.05, 0.1) is 6.61 Å². The van der Waals surface area contributed by atoms with Crippen LogP contribution in [0.1, 0.15) is 57.2 Å². The van der Waals surface area contributed by atoms with Gasteiger partial charge < -0.3 is 9.84 Å². The van der Waals surface area contributed by atoms with Crippen molar-refractivity contribution in [3.63, 3.8) is 0 Å². The molecule has 0 heterocycles. The van der Waals surface area contributed by atoms with Crippen LogP contribution in [0.4, 0.5) is 0 Å². The monoisotopic (exact) mass is 250 g/mol. The molecule has 0 atom stereocenters. The molecular weight excluding hydrogens is 224 g/mol. The number of benzene rings is 1. The van der Waals surface area contributed by atoms with Crippen LogP contribution in [0.2, 0.25) is 0 Å². The molecule has 18 heavy (non-hydrogen) atoms. The van der Waals surface area contributed by atoms with Crippen molar-refractivity contribution in [1.29, 1.82) is 0 Å². The molecule has 0 aliphatic carbocycles. The summed E-state index contributed by atoms with van der Waals surface area (Å²) in [5.74, 6) is 0.416. The third-order valence-electron chi connectivity index (χ3n) is 3.08. The van der Waals surface area contributed by atoms with E-state index in [0.717, 1.165) is 36.1 Å². The lowest BCUT2D eigenvalue weighted by Gasteiger charge is -2.22. The summed E-state index contributed by atoms with van der Waals surface area (Å²) in [6, 6.07) is 4.07. The van der Waals surface area contributed by atoms with Gasteiger partial charge in [0, 0.05) is 6.61 Å². The summed E-state index contributed by atoms with van der Waals surface area (Å²) in [6.45, 7) is 11.9. The van der Waals surface area contributed by atoms with E-state index in [1.54, 1.807) is 0 Å². The summed E-state index contributed by atoms with van der Waals surface area (Å²) in [6.07, 6.45) is 2.26. The van der Waals surface area contributed by atoms with Crippen LogP contribution in [0.3, 0.4) is 0 Å². The molecule has 0 radical (unpaired) electrons. The van der Waals surface area contributed by atoms with Crippen molar-refractivity contribution in [2.24, 2.45) is 0 Å². The maximum absolute atomic E-state index is 10.1. The predicted octanol–water partition coefficient (Wildman–Crippen LogP) is 4.31. The minimum Gasteiger partial charge on any atom is -0.507 e. The molecular formula is C16H26O2. The third-order valence-corrected chi connectivity index (χ3v) is 3.08. The lowest BCUT2D eigenvalue weighted by molar-refractivity contribution is 0.118. The van der Waals surface area contributed by atoms with Crippen LogP contribution >= 0.6 is 0 Å². The van der Waals surface area contributed by atoms with Crippen molar-refractivity contribution in [2.45, 2.75) is 59.5 Å². The molecule has 1 aromatic carbocycles. The van der Waals surface area contributed by atoms with Gasteiger partial charge in [-0.2, -0.15) is 0 Å². The smallest absolute Gasteiger partial charge is 0.122 e. The molecule has 102 valence electrons. The van der Waals surface area contributed by atoms with Gasteiger partial charge in [-0.1, -0.05) is 40.2 Å². The summed E-state index contributed by atoms with van der Waals surface area (Å²) in [7, 11) is 0. The zero-order chi connectivity index (χ0) is 13.8. The van der Waals surface area contributed by atoms with E-state index in [9.17, 15) is 5.11 Å². The van der Waals surface area contributed by atoms with Gasteiger partial charge in [-0.3, -0.25) is 0 Å². The number of unbranched alkanes of at least 4 members (excludes halogenated alkanes) is 1. The summed E-state index contributed by atoms with van der Waals surface area (Å²) in [5, 5.41) is 10.1. The first-order valence-electron chi connectivity index (χ1n) is 6.77. The molecule has 0 fully saturated rings. The van der Waals surface area contributed by atoms with E-state index >= 15 is 0 Å². The van der Waals surface area contributed by atoms with Crippen molar-refractivity contribution >= 4 is 0 Å². The van der Waals surface area contributed by atoms with Crippen molar-refractivity contribution < 1.29 is 9.84 Å². The highest BCUT2D eigenvalue weighted by atomic mass is 16.5. The Morgan fingerprint density at radius 3 is 2.44 bits per heavy atom. The van der Waals surface area contributed by atoms with E-state index in [2.05, 4.69) is 33.8 Å². The summed E-state index contributed by atoms with van der Waals surface area (Å²) in [5.41, 5.74) is 3.02. The standard InChI is InChI=1S/C16H26O2/c1-6-7-8-18-11-13-9-12(2)15(17)14(10-13)16(3,4)5/h9-10,17H,6-8,11H2,1-5H3. The van der Waals surface area contributed by atoms with Crippen LogP contribution < -0.4 is 0 Å². The van der Waals surface area contributed by atoms with Crippen LogP contribution in [0.15, 0.2) is 12.1 Å². The van der Waals surface area contributed by atoms with Crippen LogP contribution in [0.5, 0.6) is 5.75 Å². The Labute approximate surface area is 111 Å². The molecule has 0 saturated carbocycles. The van der Waals surface area contributed by atoms with E-state index in [4.69, 9.17) is 4.74 Å².